The molecular weight excluding hydrogens is 268 g/mol. The van der Waals surface area contributed by atoms with E-state index in [1.165, 1.54) is 0 Å². The summed E-state index contributed by atoms with van der Waals surface area (Å²) in [7, 11) is 5.11. The van der Waals surface area contributed by atoms with E-state index >= 15 is 0 Å². The van der Waals surface area contributed by atoms with E-state index in [2.05, 4.69) is 5.32 Å². The molecule has 1 aliphatic rings. The Morgan fingerprint density at radius 3 is 2.52 bits per heavy atom. The molecule has 1 aliphatic heterocycles. The maximum Gasteiger partial charge on any atom is 0.226 e. The van der Waals surface area contributed by atoms with Crippen molar-refractivity contribution in [1.29, 1.82) is 0 Å². The second-order valence-corrected chi connectivity index (χ2v) is 5.35. The standard InChI is InChI=1S/C16H24N2O3/c1-18(13-6-8-17-9-7-13)16(19)11-12-4-5-14(20-2)15(10-12)21-3/h4-5,10,13,17H,6-9,11H2,1-3H3. The third kappa shape index (κ3) is 3.88. The lowest BCUT2D eigenvalue weighted by Crippen LogP contribution is -2.44. The average Bonchev–Trinajstić information content (AvgIpc) is 2.54. The van der Waals surface area contributed by atoms with E-state index in [4.69, 9.17) is 9.47 Å². The SMILES string of the molecule is COc1ccc(CC(=O)N(C)C2CCNCC2)cc1OC. The van der Waals surface area contributed by atoms with Gasteiger partial charge in [-0.05, 0) is 43.6 Å². The average molecular weight is 292 g/mol. The number of hydrogen-bond donors (Lipinski definition) is 1. The van der Waals surface area contributed by atoms with Crippen LogP contribution in [0.15, 0.2) is 18.2 Å². The first kappa shape index (κ1) is 15.6. The molecule has 1 saturated heterocycles. The van der Waals surface area contributed by atoms with E-state index in [1.54, 1.807) is 14.2 Å². The minimum absolute atomic E-state index is 0.147. The van der Waals surface area contributed by atoms with Gasteiger partial charge in [-0.1, -0.05) is 6.07 Å². The molecule has 1 fully saturated rings. The van der Waals surface area contributed by atoms with Gasteiger partial charge in [0.1, 0.15) is 0 Å². The quantitative estimate of drug-likeness (QED) is 0.892. The van der Waals surface area contributed by atoms with Crippen molar-refractivity contribution in [2.24, 2.45) is 0 Å². The zero-order valence-corrected chi connectivity index (χ0v) is 13.0. The molecule has 0 bridgehead atoms. The number of hydrogen-bond acceptors (Lipinski definition) is 4. The molecule has 2 rings (SSSR count). The molecule has 1 aromatic rings. The van der Waals surface area contributed by atoms with Crippen molar-refractivity contribution in [3.05, 3.63) is 23.8 Å². The maximum atomic E-state index is 12.4. The van der Waals surface area contributed by atoms with Crippen molar-refractivity contribution >= 4 is 5.91 Å². The van der Waals surface area contributed by atoms with Crippen molar-refractivity contribution < 1.29 is 14.3 Å². The number of benzene rings is 1. The van der Waals surface area contributed by atoms with Crippen LogP contribution in [-0.4, -0.2) is 51.2 Å². The molecule has 1 heterocycles. The first-order chi connectivity index (χ1) is 10.2. The van der Waals surface area contributed by atoms with Crippen LogP contribution in [0.2, 0.25) is 0 Å². The summed E-state index contributed by atoms with van der Waals surface area (Å²) >= 11 is 0. The molecule has 5 heteroatoms. The smallest absolute Gasteiger partial charge is 0.226 e. The van der Waals surface area contributed by atoms with Crippen molar-refractivity contribution in [2.75, 3.05) is 34.4 Å². The summed E-state index contributed by atoms with van der Waals surface area (Å²) < 4.78 is 10.5. The van der Waals surface area contributed by atoms with Gasteiger partial charge in [0.05, 0.1) is 20.6 Å². The highest BCUT2D eigenvalue weighted by Gasteiger charge is 2.22. The highest BCUT2D eigenvalue weighted by Crippen LogP contribution is 2.28. The lowest BCUT2D eigenvalue weighted by atomic mass is 10.0. The molecule has 5 nitrogen and oxygen atoms in total. The Labute approximate surface area is 126 Å². The van der Waals surface area contributed by atoms with Crippen molar-refractivity contribution in [1.82, 2.24) is 10.2 Å². The number of methoxy groups -OCH3 is 2. The first-order valence-electron chi connectivity index (χ1n) is 7.33. The molecular formula is C16H24N2O3. The molecule has 0 radical (unpaired) electrons. The van der Waals surface area contributed by atoms with Crippen molar-refractivity contribution in [2.45, 2.75) is 25.3 Å². The minimum Gasteiger partial charge on any atom is -0.493 e. The minimum atomic E-state index is 0.147. The van der Waals surface area contributed by atoms with E-state index < -0.39 is 0 Å². The lowest BCUT2D eigenvalue weighted by molar-refractivity contribution is -0.131. The van der Waals surface area contributed by atoms with Gasteiger partial charge in [-0.2, -0.15) is 0 Å². The Balaban J connectivity index is 2.01. The molecule has 0 unspecified atom stereocenters. The molecule has 1 aromatic carbocycles. The predicted octanol–water partition coefficient (Wildman–Crippen LogP) is 1.46. The van der Waals surface area contributed by atoms with Gasteiger partial charge in [0.2, 0.25) is 5.91 Å². The normalized spacial score (nSPS) is 15.6. The number of rotatable bonds is 5. The van der Waals surface area contributed by atoms with Gasteiger partial charge in [-0.15, -0.1) is 0 Å². The van der Waals surface area contributed by atoms with Gasteiger partial charge in [0.25, 0.3) is 0 Å². The number of amides is 1. The van der Waals surface area contributed by atoms with Gasteiger partial charge >= 0.3 is 0 Å². The fraction of sp³-hybridized carbons (Fsp3) is 0.562. The Bertz CT molecular complexity index is 484. The molecule has 1 amide bonds. The second-order valence-electron chi connectivity index (χ2n) is 5.35. The first-order valence-corrected chi connectivity index (χ1v) is 7.33. The number of piperidine rings is 1. The summed E-state index contributed by atoms with van der Waals surface area (Å²) in [5.74, 6) is 1.49. The van der Waals surface area contributed by atoms with Crippen LogP contribution in [0, 0.1) is 0 Å². The highest BCUT2D eigenvalue weighted by atomic mass is 16.5. The molecule has 0 aromatic heterocycles. The van der Waals surface area contributed by atoms with Crippen LogP contribution in [0.5, 0.6) is 11.5 Å². The number of nitrogens with one attached hydrogen (secondary N) is 1. The monoisotopic (exact) mass is 292 g/mol. The predicted molar refractivity (Wildman–Crippen MR) is 81.9 cm³/mol. The second kappa shape index (κ2) is 7.31. The van der Waals surface area contributed by atoms with E-state index in [1.807, 2.05) is 30.1 Å². The van der Waals surface area contributed by atoms with Crippen LogP contribution < -0.4 is 14.8 Å². The van der Waals surface area contributed by atoms with E-state index in [0.29, 0.717) is 24.0 Å². The molecule has 0 saturated carbocycles. The topological polar surface area (TPSA) is 50.8 Å². The van der Waals surface area contributed by atoms with Crippen LogP contribution in [0.4, 0.5) is 0 Å². The largest absolute Gasteiger partial charge is 0.493 e. The summed E-state index contributed by atoms with van der Waals surface area (Å²) in [5, 5.41) is 3.32. The van der Waals surface area contributed by atoms with Gasteiger partial charge in [-0.25, -0.2) is 0 Å². The fourth-order valence-corrected chi connectivity index (χ4v) is 2.69. The Kier molecular flexibility index (Phi) is 5.44. The number of ether oxygens (including phenoxy) is 2. The summed E-state index contributed by atoms with van der Waals surface area (Å²) in [6, 6.07) is 5.97. The van der Waals surface area contributed by atoms with Gasteiger partial charge in [0.15, 0.2) is 11.5 Å². The van der Waals surface area contributed by atoms with Crippen LogP contribution >= 0.6 is 0 Å². The molecule has 116 valence electrons. The van der Waals surface area contributed by atoms with Gasteiger partial charge in [-0.3, -0.25) is 4.79 Å². The summed E-state index contributed by atoms with van der Waals surface area (Å²) in [6.07, 6.45) is 2.43. The molecule has 0 spiro atoms. The van der Waals surface area contributed by atoms with E-state index in [9.17, 15) is 4.79 Å². The van der Waals surface area contributed by atoms with E-state index in [-0.39, 0.29) is 5.91 Å². The maximum absolute atomic E-state index is 12.4. The Morgan fingerprint density at radius 2 is 1.90 bits per heavy atom. The zero-order chi connectivity index (χ0) is 15.2. The van der Waals surface area contributed by atoms with Gasteiger partial charge < -0.3 is 19.7 Å². The zero-order valence-electron chi connectivity index (χ0n) is 13.0. The number of nitrogens with zero attached hydrogens (tertiary/aromatic N) is 1. The Hall–Kier alpha value is -1.75. The molecule has 1 N–H and O–H groups in total. The van der Waals surface area contributed by atoms with Crippen LogP contribution in [-0.2, 0) is 11.2 Å². The van der Waals surface area contributed by atoms with Crippen LogP contribution in [0.3, 0.4) is 0 Å². The summed E-state index contributed by atoms with van der Waals surface area (Å²) in [6.45, 7) is 1.97. The van der Waals surface area contributed by atoms with Crippen molar-refractivity contribution in [3.8, 4) is 11.5 Å². The number of carbonyl (C=O) groups is 1. The van der Waals surface area contributed by atoms with E-state index in [0.717, 1.165) is 31.5 Å². The molecule has 21 heavy (non-hydrogen) atoms. The van der Waals surface area contributed by atoms with Crippen LogP contribution in [0.1, 0.15) is 18.4 Å². The molecule has 0 atom stereocenters. The Morgan fingerprint density at radius 1 is 1.24 bits per heavy atom. The lowest BCUT2D eigenvalue weighted by Gasteiger charge is -2.31. The third-order valence-electron chi connectivity index (χ3n) is 4.05. The molecule has 0 aliphatic carbocycles. The number of likely N-dealkylation sites (N-methyl/N-ethyl adjacent to an activating group) is 1. The highest BCUT2D eigenvalue weighted by molar-refractivity contribution is 5.79. The summed E-state index contributed by atoms with van der Waals surface area (Å²) in [5.41, 5.74) is 0.943. The van der Waals surface area contributed by atoms with Crippen LogP contribution in [0.25, 0.3) is 0 Å². The van der Waals surface area contributed by atoms with Gasteiger partial charge in [0, 0.05) is 13.1 Å². The number of carbonyl (C=O) groups excluding carboxylic acids is 1. The fourth-order valence-electron chi connectivity index (χ4n) is 2.69. The van der Waals surface area contributed by atoms with Crippen molar-refractivity contribution in [3.63, 3.8) is 0 Å². The summed E-state index contributed by atoms with van der Waals surface area (Å²) in [4.78, 5) is 14.3. The third-order valence-corrected chi connectivity index (χ3v) is 4.05.